The lowest BCUT2D eigenvalue weighted by Crippen LogP contribution is -2.41. The number of aliphatic imine (C=N–C) groups is 1. The second-order valence-corrected chi connectivity index (χ2v) is 13.1. The second-order valence-electron chi connectivity index (χ2n) is 7.23. The van der Waals surface area contributed by atoms with Crippen molar-refractivity contribution in [2.24, 2.45) is 4.99 Å². The molecule has 0 spiro atoms. The molecule has 0 aliphatic carbocycles. The first-order valence-corrected chi connectivity index (χ1v) is 11.5. The summed E-state index contributed by atoms with van der Waals surface area (Å²) in [7, 11) is -1.75. The van der Waals surface area contributed by atoms with Gasteiger partial charge in [-0.1, -0.05) is 20.8 Å². The maximum absolute atomic E-state index is 6.27. The molecular formula is C16H25BrN2OSSi. The van der Waals surface area contributed by atoms with Crippen LogP contribution in [0.25, 0.3) is 0 Å². The van der Waals surface area contributed by atoms with E-state index in [0.717, 1.165) is 16.5 Å². The van der Waals surface area contributed by atoms with Crippen LogP contribution in [0, 0.1) is 0 Å². The van der Waals surface area contributed by atoms with Crippen LogP contribution in [0.1, 0.15) is 39.7 Å². The molecule has 0 radical (unpaired) electrons. The minimum Gasteiger partial charge on any atom is -0.417 e. The fourth-order valence-corrected chi connectivity index (χ4v) is 3.41. The Kier molecular flexibility index (Phi) is 6.66. The SMILES string of the molecule is CC(C)(C)[Si](C)(C)OCC[C@](C)(N=C=S)c1cncc(Br)c1. The van der Waals surface area contributed by atoms with Gasteiger partial charge in [-0.25, -0.2) is 4.99 Å². The summed E-state index contributed by atoms with van der Waals surface area (Å²) in [5, 5.41) is 2.73. The number of pyridine rings is 1. The van der Waals surface area contributed by atoms with Gasteiger partial charge in [0.15, 0.2) is 8.32 Å². The largest absolute Gasteiger partial charge is 0.417 e. The maximum Gasteiger partial charge on any atom is 0.191 e. The van der Waals surface area contributed by atoms with Crippen LogP contribution in [0.15, 0.2) is 27.9 Å². The van der Waals surface area contributed by atoms with Gasteiger partial charge in [0, 0.05) is 23.5 Å². The molecule has 0 aromatic carbocycles. The lowest BCUT2D eigenvalue weighted by molar-refractivity contribution is 0.247. The van der Waals surface area contributed by atoms with Crippen molar-refractivity contribution in [3.8, 4) is 0 Å². The third-order valence-electron chi connectivity index (χ3n) is 4.48. The van der Waals surface area contributed by atoms with Crippen LogP contribution < -0.4 is 0 Å². The van der Waals surface area contributed by atoms with Gasteiger partial charge in [0.25, 0.3) is 0 Å². The molecule has 0 saturated heterocycles. The van der Waals surface area contributed by atoms with Crippen LogP contribution in [-0.2, 0) is 9.96 Å². The number of rotatable bonds is 6. The summed E-state index contributed by atoms with van der Waals surface area (Å²) < 4.78 is 7.20. The molecule has 0 N–H and O–H groups in total. The number of thiocarbonyl (C=S) groups is 1. The molecule has 122 valence electrons. The number of hydrogen-bond acceptors (Lipinski definition) is 4. The minimum absolute atomic E-state index is 0.203. The molecule has 0 aliphatic rings. The minimum atomic E-state index is -1.75. The lowest BCUT2D eigenvalue weighted by Gasteiger charge is -2.37. The van der Waals surface area contributed by atoms with Gasteiger partial charge >= 0.3 is 0 Å². The predicted octanol–water partition coefficient (Wildman–Crippen LogP) is 5.57. The molecule has 0 amide bonds. The van der Waals surface area contributed by atoms with Gasteiger partial charge in [0.2, 0.25) is 0 Å². The number of isothiocyanates is 1. The van der Waals surface area contributed by atoms with Gasteiger partial charge in [0.05, 0.1) is 10.7 Å². The Balaban J connectivity index is 2.88. The Hall–Kier alpha value is -0.393. The summed E-state index contributed by atoms with van der Waals surface area (Å²) in [5.41, 5.74) is 0.555. The molecule has 1 heterocycles. The van der Waals surface area contributed by atoms with E-state index >= 15 is 0 Å². The zero-order valence-electron chi connectivity index (χ0n) is 14.2. The highest BCUT2D eigenvalue weighted by atomic mass is 79.9. The Morgan fingerprint density at radius 3 is 2.45 bits per heavy atom. The quantitative estimate of drug-likeness (QED) is 0.355. The first-order chi connectivity index (χ1) is 10.0. The fourth-order valence-electron chi connectivity index (χ4n) is 1.79. The van der Waals surface area contributed by atoms with Crippen LogP contribution >= 0.6 is 28.1 Å². The van der Waals surface area contributed by atoms with E-state index in [1.807, 2.05) is 19.2 Å². The van der Waals surface area contributed by atoms with E-state index in [4.69, 9.17) is 16.6 Å². The van der Waals surface area contributed by atoms with E-state index in [-0.39, 0.29) is 5.04 Å². The highest BCUT2D eigenvalue weighted by Gasteiger charge is 2.37. The molecule has 1 aromatic heterocycles. The topological polar surface area (TPSA) is 34.5 Å². The molecule has 6 heteroatoms. The average molecular weight is 401 g/mol. The van der Waals surface area contributed by atoms with E-state index < -0.39 is 13.9 Å². The van der Waals surface area contributed by atoms with E-state index in [2.05, 4.69) is 64.9 Å². The standard InChI is InChI=1S/C16H25BrN2OSSi/c1-15(2,3)22(5,6)20-8-7-16(4,19-12-21)13-9-14(17)11-18-10-13/h9-11H,7-8H2,1-6H3/t16-/m0/s1. The van der Waals surface area contributed by atoms with Gasteiger partial charge in [-0.05, 0) is 71.3 Å². The molecular weight excluding hydrogens is 376 g/mol. The first kappa shape index (κ1) is 19.7. The summed E-state index contributed by atoms with van der Waals surface area (Å²) >= 11 is 8.29. The average Bonchev–Trinajstić information content (AvgIpc) is 2.37. The summed E-state index contributed by atoms with van der Waals surface area (Å²) in [6.07, 6.45) is 4.34. The summed E-state index contributed by atoms with van der Waals surface area (Å²) in [4.78, 5) is 8.62. The van der Waals surface area contributed by atoms with Crippen molar-refractivity contribution in [3.05, 3.63) is 28.5 Å². The van der Waals surface area contributed by atoms with Crippen molar-refractivity contribution in [3.63, 3.8) is 0 Å². The monoisotopic (exact) mass is 400 g/mol. The van der Waals surface area contributed by atoms with Crippen LogP contribution in [0.2, 0.25) is 18.1 Å². The smallest absolute Gasteiger partial charge is 0.191 e. The summed E-state index contributed by atoms with van der Waals surface area (Å²) in [6, 6.07) is 2.02. The molecule has 1 atom stereocenters. The van der Waals surface area contributed by atoms with Crippen molar-refractivity contribution >= 4 is 41.6 Å². The molecule has 1 rings (SSSR count). The summed E-state index contributed by atoms with van der Waals surface area (Å²) in [5.74, 6) is 0. The second kappa shape index (κ2) is 7.45. The van der Waals surface area contributed by atoms with Crippen molar-refractivity contribution in [2.45, 2.75) is 57.8 Å². The van der Waals surface area contributed by atoms with E-state index in [1.54, 1.807) is 6.20 Å². The third kappa shape index (κ3) is 5.07. The first-order valence-electron chi connectivity index (χ1n) is 7.36. The molecule has 0 unspecified atom stereocenters. The molecule has 3 nitrogen and oxygen atoms in total. The Morgan fingerprint density at radius 2 is 1.95 bits per heavy atom. The van der Waals surface area contributed by atoms with Crippen molar-refractivity contribution in [1.29, 1.82) is 0 Å². The number of halogens is 1. The maximum atomic E-state index is 6.27. The van der Waals surface area contributed by atoms with Gasteiger partial charge in [-0.15, -0.1) is 0 Å². The number of nitrogens with zero attached hydrogens (tertiary/aromatic N) is 2. The van der Waals surface area contributed by atoms with Crippen molar-refractivity contribution < 1.29 is 4.43 Å². The molecule has 0 aliphatic heterocycles. The highest BCUT2D eigenvalue weighted by molar-refractivity contribution is 9.10. The lowest BCUT2D eigenvalue weighted by atomic mass is 9.91. The zero-order chi connectivity index (χ0) is 17.0. The molecule has 22 heavy (non-hydrogen) atoms. The third-order valence-corrected chi connectivity index (χ3v) is 9.54. The Bertz CT molecular complexity index is 568. The zero-order valence-corrected chi connectivity index (χ0v) is 17.6. The van der Waals surface area contributed by atoms with Crippen LogP contribution in [-0.4, -0.2) is 25.1 Å². The van der Waals surface area contributed by atoms with Gasteiger partial charge in [-0.2, -0.15) is 0 Å². The van der Waals surface area contributed by atoms with Gasteiger partial charge in [0.1, 0.15) is 0 Å². The van der Waals surface area contributed by atoms with E-state index in [0.29, 0.717) is 6.61 Å². The molecule has 1 aromatic rings. The Labute approximate surface area is 148 Å². The van der Waals surface area contributed by atoms with Gasteiger partial charge < -0.3 is 4.43 Å². The number of hydrogen-bond donors (Lipinski definition) is 0. The van der Waals surface area contributed by atoms with Crippen molar-refractivity contribution in [1.82, 2.24) is 4.98 Å². The molecule has 0 bridgehead atoms. The number of aromatic nitrogens is 1. The van der Waals surface area contributed by atoms with Crippen LogP contribution in [0.4, 0.5) is 0 Å². The molecule has 0 fully saturated rings. The summed E-state index contributed by atoms with van der Waals surface area (Å²) in [6.45, 7) is 13.9. The molecule has 0 saturated carbocycles. The van der Waals surface area contributed by atoms with Gasteiger partial charge in [-0.3, -0.25) is 4.98 Å². The fraction of sp³-hybridized carbons (Fsp3) is 0.625. The highest BCUT2D eigenvalue weighted by Crippen LogP contribution is 2.37. The van der Waals surface area contributed by atoms with Crippen LogP contribution in [0.3, 0.4) is 0 Å². The Morgan fingerprint density at radius 1 is 1.32 bits per heavy atom. The van der Waals surface area contributed by atoms with Crippen molar-refractivity contribution in [2.75, 3.05) is 6.61 Å². The normalized spacial score (nSPS) is 15.0. The van der Waals surface area contributed by atoms with Crippen LogP contribution in [0.5, 0.6) is 0 Å². The van der Waals surface area contributed by atoms with E-state index in [9.17, 15) is 0 Å². The van der Waals surface area contributed by atoms with E-state index in [1.165, 1.54) is 0 Å². The predicted molar refractivity (Wildman–Crippen MR) is 102 cm³/mol.